The molecule has 0 aromatic rings. The van der Waals surface area contributed by atoms with E-state index in [1.807, 2.05) is 0 Å². The average Bonchev–Trinajstić information content (AvgIpc) is 2.00. The molecule has 0 bridgehead atoms. The molecular formula is C5H12Ca2O5. The fourth-order valence-electron chi connectivity index (χ4n) is 0.472. The molecule has 0 fully saturated rings. The first-order valence-corrected chi connectivity index (χ1v) is 2.89. The van der Waals surface area contributed by atoms with E-state index in [0.717, 1.165) is 0 Å². The monoisotopic (exact) mass is 232 g/mol. The van der Waals surface area contributed by atoms with Crippen LogP contribution in [0.25, 0.3) is 0 Å². The van der Waals surface area contributed by atoms with Gasteiger partial charge in [0.15, 0.2) is 0 Å². The zero-order valence-electron chi connectivity index (χ0n) is 6.80. The molecule has 0 rings (SSSR count). The second-order valence-electron chi connectivity index (χ2n) is 1.99. The molecule has 0 spiro atoms. The van der Waals surface area contributed by atoms with E-state index in [1.54, 1.807) is 0 Å². The summed E-state index contributed by atoms with van der Waals surface area (Å²) < 4.78 is 0. The summed E-state index contributed by atoms with van der Waals surface area (Å²) in [6.07, 6.45) is -4.29. The van der Waals surface area contributed by atoms with Crippen molar-refractivity contribution in [1.82, 2.24) is 0 Å². The molecule has 0 heterocycles. The van der Waals surface area contributed by atoms with Gasteiger partial charge in [-0.15, -0.1) is 0 Å². The van der Waals surface area contributed by atoms with E-state index in [0.29, 0.717) is 0 Å². The van der Waals surface area contributed by atoms with Crippen molar-refractivity contribution in [3.8, 4) is 0 Å². The number of hydrogen-bond donors (Lipinski definition) is 5. The topological polar surface area (TPSA) is 101 Å². The summed E-state index contributed by atoms with van der Waals surface area (Å²) in [5.74, 6) is 0. The first-order valence-electron chi connectivity index (χ1n) is 2.89. The summed E-state index contributed by atoms with van der Waals surface area (Å²) in [7, 11) is 0. The third-order valence-corrected chi connectivity index (χ3v) is 1.16. The first-order chi connectivity index (χ1) is 4.63. The van der Waals surface area contributed by atoms with Crippen LogP contribution in [0.5, 0.6) is 0 Å². The van der Waals surface area contributed by atoms with Crippen LogP contribution in [0.4, 0.5) is 0 Å². The van der Waals surface area contributed by atoms with E-state index in [9.17, 15) is 0 Å². The normalized spacial score (nSPS) is 16.8. The van der Waals surface area contributed by atoms with E-state index in [2.05, 4.69) is 0 Å². The third-order valence-electron chi connectivity index (χ3n) is 1.16. The van der Waals surface area contributed by atoms with Crippen LogP contribution in [-0.2, 0) is 0 Å². The maximum atomic E-state index is 8.77. The van der Waals surface area contributed by atoms with Crippen molar-refractivity contribution in [3.05, 3.63) is 0 Å². The summed E-state index contributed by atoms with van der Waals surface area (Å²) in [6.45, 7) is -1.28. The molecule has 0 amide bonds. The van der Waals surface area contributed by atoms with Gasteiger partial charge in [0.25, 0.3) is 0 Å². The standard InChI is InChI=1S/C5H12O5.2Ca/c6-1-3(8)5(10)4(9)2-7;;/h3-10H,1-2H2;;/t3-,4+,5+;;. The van der Waals surface area contributed by atoms with Crippen LogP contribution in [0.1, 0.15) is 0 Å². The van der Waals surface area contributed by atoms with Gasteiger partial charge in [-0.05, 0) is 0 Å². The quantitative estimate of drug-likeness (QED) is 0.321. The van der Waals surface area contributed by atoms with Crippen LogP contribution in [0.15, 0.2) is 0 Å². The predicted molar refractivity (Wildman–Crippen MR) is 43.7 cm³/mol. The molecule has 0 aromatic carbocycles. The van der Waals surface area contributed by atoms with Crippen molar-refractivity contribution in [3.63, 3.8) is 0 Å². The van der Waals surface area contributed by atoms with E-state index >= 15 is 0 Å². The van der Waals surface area contributed by atoms with E-state index in [1.165, 1.54) is 0 Å². The number of aliphatic hydroxyl groups excluding tert-OH is 5. The zero-order chi connectivity index (χ0) is 8.15. The van der Waals surface area contributed by atoms with Crippen LogP contribution in [-0.4, -0.2) is 133 Å². The Morgan fingerprint density at radius 1 is 0.750 bits per heavy atom. The molecule has 5 N–H and O–H groups in total. The Bertz CT molecular complexity index is 83.9. The van der Waals surface area contributed by atoms with Gasteiger partial charge >= 0.3 is 0 Å². The van der Waals surface area contributed by atoms with Crippen LogP contribution < -0.4 is 0 Å². The average molecular weight is 232 g/mol. The van der Waals surface area contributed by atoms with Gasteiger partial charge in [0.1, 0.15) is 18.3 Å². The predicted octanol–water partition coefficient (Wildman–Crippen LogP) is -3.71. The minimum absolute atomic E-state index is 0. The molecule has 0 aliphatic heterocycles. The molecular weight excluding hydrogens is 220 g/mol. The number of hydrogen-bond acceptors (Lipinski definition) is 5. The number of rotatable bonds is 4. The fraction of sp³-hybridized carbons (Fsp3) is 1.00. The maximum Gasteiger partial charge on any atom is 0.110 e. The summed E-state index contributed by atoms with van der Waals surface area (Å²) in [4.78, 5) is 0. The van der Waals surface area contributed by atoms with Crippen molar-refractivity contribution in [2.45, 2.75) is 18.3 Å². The van der Waals surface area contributed by atoms with Gasteiger partial charge in [-0.2, -0.15) is 0 Å². The van der Waals surface area contributed by atoms with Crippen LogP contribution in [0.3, 0.4) is 0 Å². The van der Waals surface area contributed by atoms with Gasteiger partial charge < -0.3 is 25.5 Å². The molecule has 0 unspecified atom stereocenters. The van der Waals surface area contributed by atoms with Gasteiger partial charge in [0.2, 0.25) is 0 Å². The molecule has 4 radical (unpaired) electrons. The molecule has 0 saturated heterocycles. The molecule has 7 heteroatoms. The molecule has 5 nitrogen and oxygen atoms in total. The first kappa shape index (κ1) is 19.8. The van der Waals surface area contributed by atoms with Crippen LogP contribution >= 0.6 is 0 Å². The SMILES string of the molecule is OC[C@@H](O)[C@H](O)[C@@H](O)CO.[Ca].[Ca]. The number of aliphatic hydroxyl groups is 5. The molecule has 0 aromatic heterocycles. The minimum Gasteiger partial charge on any atom is -0.394 e. The minimum atomic E-state index is -1.49. The molecule has 3 atom stereocenters. The largest absolute Gasteiger partial charge is 0.394 e. The van der Waals surface area contributed by atoms with Crippen molar-refractivity contribution in [2.24, 2.45) is 0 Å². The molecule has 12 heavy (non-hydrogen) atoms. The fourth-order valence-corrected chi connectivity index (χ4v) is 0.472. The third kappa shape index (κ3) is 7.70. The van der Waals surface area contributed by atoms with Crippen LogP contribution in [0, 0.1) is 0 Å². The molecule has 0 aliphatic rings. The van der Waals surface area contributed by atoms with E-state index in [4.69, 9.17) is 25.5 Å². The summed E-state index contributed by atoms with van der Waals surface area (Å²) in [5, 5.41) is 42.6. The zero-order valence-corrected chi connectivity index (χ0v) is 11.2. The Morgan fingerprint density at radius 3 is 1.17 bits per heavy atom. The Kier molecular flexibility index (Phi) is 18.8. The molecule has 66 valence electrons. The maximum absolute atomic E-state index is 8.77. The molecule has 0 saturated carbocycles. The van der Waals surface area contributed by atoms with Crippen molar-refractivity contribution in [1.29, 1.82) is 0 Å². The Labute approximate surface area is 130 Å². The van der Waals surface area contributed by atoms with Gasteiger partial charge in [0.05, 0.1) is 13.2 Å². The van der Waals surface area contributed by atoms with Gasteiger partial charge in [-0.1, -0.05) is 0 Å². The Balaban J connectivity index is -0.000000405. The van der Waals surface area contributed by atoms with E-state index in [-0.39, 0.29) is 75.5 Å². The summed E-state index contributed by atoms with van der Waals surface area (Å²) in [6, 6.07) is 0. The summed E-state index contributed by atoms with van der Waals surface area (Å²) >= 11 is 0. The van der Waals surface area contributed by atoms with Gasteiger partial charge in [-0.25, -0.2) is 0 Å². The molecule has 0 aliphatic carbocycles. The van der Waals surface area contributed by atoms with E-state index < -0.39 is 31.5 Å². The Morgan fingerprint density at radius 2 is 1.00 bits per heavy atom. The smallest absolute Gasteiger partial charge is 0.110 e. The van der Waals surface area contributed by atoms with Gasteiger partial charge in [0, 0.05) is 75.5 Å². The van der Waals surface area contributed by atoms with Crippen molar-refractivity contribution in [2.75, 3.05) is 13.2 Å². The second-order valence-corrected chi connectivity index (χ2v) is 1.99. The van der Waals surface area contributed by atoms with Crippen molar-refractivity contribution < 1.29 is 25.5 Å². The Hall–Kier alpha value is 2.32. The summed E-state index contributed by atoms with van der Waals surface area (Å²) in [5.41, 5.74) is 0. The second kappa shape index (κ2) is 11.4. The van der Waals surface area contributed by atoms with Crippen molar-refractivity contribution >= 4 is 75.5 Å². The van der Waals surface area contributed by atoms with Gasteiger partial charge in [-0.3, -0.25) is 0 Å². The van der Waals surface area contributed by atoms with Crippen LogP contribution in [0.2, 0.25) is 0 Å².